The summed E-state index contributed by atoms with van der Waals surface area (Å²) in [5.74, 6) is -1.40. The van der Waals surface area contributed by atoms with Crippen molar-refractivity contribution >= 4 is 17.6 Å². The number of rotatable bonds is 5. The maximum absolute atomic E-state index is 12.3. The SMILES string of the molecule is COc1ccc(NC(=O)c2ccc(-c3ccnnc3)nn2)c(C(=O)O)c1. The highest BCUT2D eigenvalue weighted by Gasteiger charge is 2.16. The first-order valence-corrected chi connectivity index (χ1v) is 7.42. The number of aromatic nitrogens is 4. The summed E-state index contributed by atoms with van der Waals surface area (Å²) in [6, 6.07) is 9.14. The lowest BCUT2D eigenvalue weighted by atomic mass is 10.1. The molecule has 0 spiro atoms. The van der Waals surface area contributed by atoms with E-state index in [4.69, 9.17) is 4.74 Å². The first-order valence-electron chi connectivity index (χ1n) is 7.42. The van der Waals surface area contributed by atoms with E-state index >= 15 is 0 Å². The molecule has 0 fully saturated rings. The minimum Gasteiger partial charge on any atom is -0.497 e. The zero-order chi connectivity index (χ0) is 18.5. The lowest BCUT2D eigenvalue weighted by Gasteiger charge is -2.09. The molecule has 0 unspecified atom stereocenters. The van der Waals surface area contributed by atoms with Crippen molar-refractivity contribution in [1.29, 1.82) is 0 Å². The molecule has 9 nitrogen and oxygen atoms in total. The first kappa shape index (κ1) is 17.0. The molecule has 3 aromatic rings. The van der Waals surface area contributed by atoms with E-state index in [1.54, 1.807) is 18.2 Å². The van der Waals surface area contributed by atoms with Crippen molar-refractivity contribution in [1.82, 2.24) is 20.4 Å². The highest BCUT2D eigenvalue weighted by atomic mass is 16.5. The number of carbonyl (C=O) groups excluding carboxylic acids is 1. The zero-order valence-electron chi connectivity index (χ0n) is 13.6. The van der Waals surface area contributed by atoms with Crippen LogP contribution in [0, 0.1) is 0 Å². The van der Waals surface area contributed by atoms with E-state index in [1.165, 1.54) is 37.7 Å². The summed E-state index contributed by atoms with van der Waals surface area (Å²) >= 11 is 0. The van der Waals surface area contributed by atoms with E-state index < -0.39 is 11.9 Å². The Labute approximate surface area is 147 Å². The van der Waals surface area contributed by atoms with Crippen molar-refractivity contribution < 1.29 is 19.4 Å². The third-order valence-electron chi connectivity index (χ3n) is 3.48. The van der Waals surface area contributed by atoms with Crippen LogP contribution in [-0.4, -0.2) is 44.5 Å². The maximum Gasteiger partial charge on any atom is 0.337 e. The Bertz CT molecular complexity index is 945. The smallest absolute Gasteiger partial charge is 0.337 e. The minimum absolute atomic E-state index is 0.0444. The van der Waals surface area contributed by atoms with E-state index in [9.17, 15) is 14.7 Å². The molecule has 0 saturated carbocycles. The molecule has 0 atom stereocenters. The van der Waals surface area contributed by atoms with Crippen LogP contribution in [0.4, 0.5) is 5.69 Å². The van der Waals surface area contributed by atoms with Crippen LogP contribution >= 0.6 is 0 Å². The number of carbonyl (C=O) groups is 2. The molecule has 0 aliphatic rings. The Morgan fingerprint density at radius 3 is 2.54 bits per heavy atom. The van der Waals surface area contributed by atoms with Gasteiger partial charge in [0.1, 0.15) is 5.75 Å². The predicted octanol–water partition coefficient (Wildman–Crippen LogP) is 1.89. The van der Waals surface area contributed by atoms with Crippen LogP contribution in [0.1, 0.15) is 20.8 Å². The molecule has 0 bridgehead atoms. The second kappa shape index (κ2) is 7.34. The van der Waals surface area contributed by atoms with Gasteiger partial charge in [0.05, 0.1) is 36.4 Å². The third kappa shape index (κ3) is 3.61. The molecular formula is C17H13N5O4. The Kier molecular flexibility index (Phi) is 4.79. The van der Waals surface area contributed by atoms with Crippen molar-refractivity contribution in [2.45, 2.75) is 0 Å². The third-order valence-corrected chi connectivity index (χ3v) is 3.48. The van der Waals surface area contributed by atoms with Crippen molar-refractivity contribution in [3.63, 3.8) is 0 Å². The van der Waals surface area contributed by atoms with Crippen molar-refractivity contribution in [3.05, 3.63) is 60.0 Å². The molecule has 1 amide bonds. The molecule has 9 heteroatoms. The van der Waals surface area contributed by atoms with Gasteiger partial charge in [-0.2, -0.15) is 10.2 Å². The number of methoxy groups -OCH3 is 1. The molecule has 0 aliphatic carbocycles. The van der Waals surface area contributed by atoms with E-state index in [1.807, 2.05) is 0 Å². The lowest BCUT2D eigenvalue weighted by molar-refractivity contribution is 0.0697. The van der Waals surface area contributed by atoms with Crippen LogP contribution in [0.15, 0.2) is 48.8 Å². The minimum atomic E-state index is -1.19. The Balaban J connectivity index is 1.81. The van der Waals surface area contributed by atoms with Gasteiger partial charge in [-0.15, -0.1) is 10.2 Å². The van der Waals surface area contributed by atoms with Crippen molar-refractivity contribution in [2.75, 3.05) is 12.4 Å². The molecule has 2 aromatic heterocycles. The molecule has 26 heavy (non-hydrogen) atoms. The average Bonchev–Trinajstić information content (AvgIpc) is 2.69. The highest BCUT2D eigenvalue weighted by molar-refractivity contribution is 6.06. The number of anilines is 1. The Morgan fingerprint density at radius 1 is 1.08 bits per heavy atom. The lowest BCUT2D eigenvalue weighted by Crippen LogP contribution is -2.16. The highest BCUT2D eigenvalue weighted by Crippen LogP contribution is 2.23. The summed E-state index contributed by atoms with van der Waals surface area (Å²) in [5, 5.41) is 27.1. The van der Waals surface area contributed by atoms with Gasteiger partial charge in [0.15, 0.2) is 5.69 Å². The predicted molar refractivity (Wildman–Crippen MR) is 91.0 cm³/mol. The molecule has 0 saturated heterocycles. The fourth-order valence-electron chi connectivity index (χ4n) is 2.17. The fourth-order valence-corrected chi connectivity index (χ4v) is 2.17. The topological polar surface area (TPSA) is 127 Å². The quantitative estimate of drug-likeness (QED) is 0.713. The Morgan fingerprint density at radius 2 is 1.92 bits per heavy atom. The average molecular weight is 351 g/mol. The number of hydrogen-bond acceptors (Lipinski definition) is 7. The maximum atomic E-state index is 12.3. The largest absolute Gasteiger partial charge is 0.497 e. The summed E-state index contributed by atoms with van der Waals surface area (Å²) in [6.07, 6.45) is 3.05. The molecule has 130 valence electrons. The number of nitrogens with one attached hydrogen (secondary N) is 1. The van der Waals surface area contributed by atoms with Gasteiger partial charge in [-0.25, -0.2) is 4.79 Å². The van der Waals surface area contributed by atoms with E-state index in [-0.39, 0.29) is 16.9 Å². The number of ether oxygens (including phenoxy) is 1. The number of amides is 1. The summed E-state index contributed by atoms with van der Waals surface area (Å²) in [4.78, 5) is 23.7. The fraction of sp³-hybridized carbons (Fsp3) is 0.0588. The van der Waals surface area contributed by atoms with E-state index in [0.29, 0.717) is 17.0 Å². The number of nitrogens with zero attached hydrogens (tertiary/aromatic N) is 4. The second-order valence-electron chi connectivity index (χ2n) is 5.11. The molecule has 2 N–H and O–H groups in total. The van der Waals surface area contributed by atoms with Gasteiger partial charge in [0.2, 0.25) is 0 Å². The van der Waals surface area contributed by atoms with Crippen LogP contribution in [-0.2, 0) is 0 Å². The molecule has 2 heterocycles. The first-order chi connectivity index (χ1) is 12.6. The normalized spacial score (nSPS) is 10.2. The van der Waals surface area contributed by atoms with Crippen LogP contribution < -0.4 is 10.1 Å². The number of hydrogen-bond donors (Lipinski definition) is 2. The monoisotopic (exact) mass is 351 g/mol. The van der Waals surface area contributed by atoms with E-state index in [2.05, 4.69) is 25.7 Å². The van der Waals surface area contributed by atoms with Crippen molar-refractivity contribution in [3.8, 4) is 17.0 Å². The summed E-state index contributed by atoms with van der Waals surface area (Å²) < 4.78 is 5.00. The summed E-state index contributed by atoms with van der Waals surface area (Å²) in [7, 11) is 1.43. The van der Waals surface area contributed by atoms with Gasteiger partial charge in [-0.1, -0.05) is 0 Å². The van der Waals surface area contributed by atoms with Gasteiger partial charge in [0, 0.05) is 5.56 Å². The Hall–Kier alpha value is -3.88. The number of benzene rings is 1. The van der Waals surface area contributed by atoms with Gasteiger partial charge < -0.3 is 15.2 Å². The second-order valence-corrected chi connectivity index (χ2v) is 5.11. The molecule has 1 aromatic carbocycles. The number of carboxylic acid groups (broad SMARTS) is 1. The summed E-state index contributed by atoms with van der Waals surface area (Å²) in [6.45, 7) is 0. The van der Waals surface area contributed by atoms with Gasteiger partial charge in [-0.05, 0) is 36.4 Å². The van der Waals surface area contributed by atoms with Crippen LogP contribution in [0.5, 0.6) is 5.75 Å². The number of carboxylic acids is 1. The molecule has 0 aliphatic heterocycles. The molecule has 3 rings (SSSR count). The van der Waals surface area contributed by atoms with E-state index in [0.717, 1.165) is 0 Å². The van der Waals surface area contributed by atoms with Crippen molar-refractivity contribution in [2.24, 2.45) is 0 Å². The standard InChI is InChI=1S/C17H13N5O4/c1-26-11-2-3-14(12(8-11)17(24)25)20-16(23)15-5-4-13(21-22-15)10-6-7-18-19-9-10/h2-9H,1H3,(H,20,23)(H,24,25). The summed E-state index contributed by atoms with van der Waals surface area (Å²) in [5.41, 5.74) is 1.33. The molecule has 0 radical (unpaired) electrons. The van der Waals surface area contributed by atoms with Crippen LogP contribution in [0.3, 0.4) is 0 Å². The van der Waals surface area contributed by atoms with Gasteiger partial charge in [0.25, 0.3) is 5.91 Å². The van der Waals surface area contributed by atoms with Crippen LogP contribution in [0.25, 0.3) is 11.3 Å². The van der Waals surface area contributed by atoms with Gasteiger partial charge in [-0.3, -0.25) is 4.79 Å². The molecular weight excluding hydrogens is 338 g/mol. The van der Waals surface area contributed by atoms with Crippen LogP contribution in [0.2, 0.25) is 0 Å². The number of aromatic carboxylic acids is 1. The zero-order valence-corrected chi connectivity index (χ0v) is 13.6. The van der Waals surface area contributed by atoms with Gasteiger partial charge >= 0.3 is 5.97 Å².